The number of benzene rings is 1. The zero-order valence-corrected chi connectivity index (χ0v) is 22.3. The van der Waals surface area contributed by atoms with Gasteiger partial charge in [0.15, 0.2) is 11.6 Å². The van der Waals surface area contributed by atoms with Gasteiger partial charge in [0.05, 0.1) is 30.1 Å². The summed E-state index contributed by atoms with van der Waals surface area (Å²) >= 11 is 0. The summed E-state index contributed by atoms with van der Waals surface area (Å²) in [5.41, 5.74) is -0.642. The second kappa shape index (κ2) is 10.7. The molecule has 0 heterocycles. The molecule has 8 nitrogen and oxygen atoms in total. The van der Waals surface area contributed by atoms with Gasteiger partial charge in [0.1, 0.15) is 5.75 Å². The lowest BCUT2D eigenvalue weighted by atomic mass is 9.75. The number of carbonyl (C=O) groups is 3. The Hall–Kier alpha value is -2.84. The highest BCUT2D eigenvalue weighted by atomic mass is 19.1. The highest BCUT2D eigenvalue weighted by Crippen LogP contribution is 2.49. The maximum absolute atomic E-state index is 14.9. The summed E-state index contributed by atoms with van der Waals surface area (Å²) in [5.74, 6) is -0.996. The number of rotatable bonds is 9. The van der Waals surface area contributed by atoms with E-state index in [1.807, 2.05) is 0 Å². The lowest BCUT2D eigenvalue weighted by molar-refractivity contribution is -0.150. The third-order valence-electron chi connectivity index (χ3n) is 9.65. The molecule has 9 heteroatoms. The molecule has 4 aliphatic carbocycles. The number of aliphatic carboxylic acids is 1. The number of carbonyl (C=O) groups excluding carboxylic acids is 2. The zero-order chi connectivity index (χ0) is 27.0. The number of carboxylic acid groups (broad SMARTS) is 1. The van der Waals surface area contributed by atoms with Crippen LogP contribution in [0.25, 0.3) is 0 Å². The minimum Gasteiger partial charge on any atom is -0.496 e. The number of hydrogen-bond acceptors (Lipinski definition) is 5. The molecule has 2 bridgehead atoms. The standard InChI is InChI=1S/C29H39FN2O6/c1-29(28(35)36)10-8-19(9-11-29)38-23-13-20(22(37-2)14-21(23)30)26(33)32-25-18-7-6-17(12-18)24(25)27(34)31-15-16-4-3-5-16/h13-14,16-19,24-25H,3-12,15H2,1-2H3,(H,31,34)(H,32,33)(H,35,36)/t17?,18-,19?,24-,25?,29?/m0/s1. The van der Waals surface area contributed by atoms with Crippen molar-refractivity contribution in [3.63, 3.8) is 0 Å². The number of amides is 2. The summed E-state index contributed by atoms with van der Waals surface area (Å²) in [4.78, 5) is 38.2. The van der Waals surface area contributed by atoms with Gasteiger partial charge < -0.3 is 25.2 Å². The maximum atomic E-state index is 14.9. The molecule has 1 aromatic rings. The van der Waals surface area contributed by atoms with Gasteiger partial charge in [0.25, 0.3) is 5.91 Å². The van der Waals surface area contributed by atoms with Gasteiger partial charge in [-0.25, -0.2) is 4.39 Å². The molecule has 4 aliphatic rings. The topological polar surface area (TPSA) is 114 Å². The molecule has 2 unspecified atom stereocenters. The van der Waals surface area contributed by atoms with E-state index in [-0.39, 0.29) is 52.9 Å². The van der Waals surface area contributed by atoms with Gasteiger partial charge in [-0.3, -0.25) is 14.4 Å². The van der Waals surface area contributed by atoms with E-state index < -0.39 is 23.1 Å². The van der Waals surface area contributed by atoms with Crippen LogP contribution in [0.5, 0.6) is 11.5 Å². The second-order valence-corrected chi connectivity index (χ2v) is 12.1. The molecule has 3 N–H and O–H groups in total. The molecule has 1 aromatic carbocycles. The molecule has 38 heavy (non-hydrogen) atoms. The van der Waals surface area contributed by atoms with Crippen LogP contribution >= 0.6 is 0 Å². The first-order valence-corrected chi connectivity index (χ1v) is 14.0. The number of carboxylic acids is 1. The smallest absolute Gasteiger partial charge is 0.309 e. The number of halogens is 1. The number of nitrogens with one attached hydrogen (secondary N) is 2. The highest BCUT2D eigenvalue weighted by molar-refractivity contribution is 5.98. The van der Waals surface area contributed by atoms with Gasteiger partial charge in [-0.05, 0) is 88.5 Å². The van der Waals surface area contributed by atoms with E-state index in [1.54, 1.807) is 6.92 Å². The summed E-state index contributed by atoms with van der Waals surface area (Å²) < 4.78 is 26.2. The van der Waals surface area contributed by atoms with Gasteiger partial charge in [-0.15, -0.1) is 0 Å². The molecule has 0 aliphatic heterocycles. The molecule has 4 saturated carbocycles. The molecule has 4 fully saturated rings. The molecule has 0 radical (unpaired) electrons. The number of hydrogen-bond donors (Lipinski definition) is 3. The molecular formula is C29H39FN2O6. The molecule has 4 atom stereocenters. The van der Waals surface area contributed by atoms with Crippen molar-refractivity contribution in [1.82, 2.24) is 10.6 Å². The summed E-state index contributed by atoms with van der Waals surface area (Å²) in [6, 6.07) is 2.25. The Morgan fingerprint density at radius 1 is 1.05 bits per heavy atom. The van der Waals surface area contributed by atoms with E-state index in [1.165, 1.54) is 19.6 Å². The second-order valence-electron chi connectivity index (χ2n) is 12.1. The first kappa shape index (κ1) is 26.8. The predicted octanol–water partition coefficient (Wildman–Crippen LogP) is 4.31. The fourth-order valence-electron chi connectivity index (χ4n) is 6.88. The minimum absolute atomic E-state index is 0.0233. The van der Waals surface area contributed by atoms with Crippen LogP contribution in [-0.4, -0.2) is 48.7 Å². The number of methoxy groups -OCH3 is 1. The van der Waals surface area contributed by atoms with Crippen molar-refractivity contribution < 1.29 is 33.4 Å². The van der Waals surface area contributed by atoms with Crippen molar-refractivity contribution >= 4 is 17.8 Å². The quantitative estimate of drug-likeness (QED) is 0.439. The average molecular weight is 531 g/mol. The van der Waals surface area contributed by atoms with E-state index in [0.29, 0.717) is 38.1 Å². The minimum atomic E-state index is -0.832. The van der Waals surface area contributed by atoms with E-state index in [9.17, 15) is 23.9 Å². The molecule has 0 aromatic heterocycles. The highest BCUT2D eigenvalue weighted by Gasteiger charge is 2.51. The van der Waals surface area contributed by atoms with Gasteiger partial charge in [0.2, 0.25) is 5.91 Å². The average Bonchev–Trinajstić information content (AvgIpc) is 3.47. The van der Waals surface area contributed by atoms with Crippen molar-refractivity contribution in [2.75, 3.05) is 13.7 Å². The molecule has 0 spiro atoms. The van der Waals surface area contributed by atoms with E-state index >= 15 is 0 Å². The first-order valence-electron chi connectivity index (χ1n) is 14.0. The van der Waals surface area contributed by atoms with Crippen molar-refractivity contribution in [3.05, 3.63) is 23.5 Å². The van der Waals surface area contributed by atoms with Crippen LogP contribution < -0.4 is 20.1 Å². The largest absolute Gasteiger partial charge is 0.496 e. The van der Waals surface area contributed by atoms with Crippen LogP contribution in [0.1, 0.15) is 81.5 Å². The van der Waals surface area contributed by atoms with Crippen LogP contribution in [0.3, 0.4) is 0 Å². The maximum Gasteiger partial charge on any atom is 0.309 e. The van der Waals surface area contributed by atoms with Crippen LogP contribution in [-0.2, 0) is 9.59 Å². The summed E-state index contributed by atoms with van der Waals surface area (Å²) in [7, 11) is 1.38. The van der Waals surface area contributed by atoms with Crippen molar-refractivity contribution in [1.29, 1.82) is 0 Å². The molecule has 0 saturated heterocycles. The predicted molar refractivity (Wildman–Crippen MR) is 138 cm³/mol. The van der Waals surface area contributed by atoms with Crippen LogP contribution in [0.15, 0.2) is 12.1 Å². The van der Waals surface area contributed by atoms with Crippen molar-refractivity contribution in [2.45, 2.75) is 83.3 Å². The Morgan fingerprint density at radius 2 is 1.76 bits per heavy atom. The van der Waals surface area contributed by atoms with Crippen LogP contribution in [0.2, 0.25) is 0 Å². The lowest BCUT2D eigenvalue weighted by Crippen LogP contribution is -2.50. The van der Waals surface area contributed by atoms with Crippen LogP contribution in [0, 0.1) is 34.9 Å². The monoisotopic (exact) mass is 530 g/mol. The third kappa shape index (κ3) is 5.21. The van der Waals surface area contributed by atoms with Crippen molar-refractivity contribution in [2.24, 2.45) is 29.1 Å². The summed E-state index contributed by atoms with van der Waals surface area (Å²) in [5, 5.41) is 15.7. The Labute approximate surface area is 223 Å². The van der Waals surface area contributed by atoms with Gasteiger partial charge >= 0.3 is 5.97 Å². The van der Waals surface area contributed by atoms with E-state index in [2.05, 4.69) is 10.6 Å². The Kier molecular flexibility index (Phi) is 7.56. The van der Waals surface area contributed by atoms with Gasteiger partial charge in [-0.2, -0.15) is 0 Å². The summed E-state index contributed by atoms with van der Waals surface area (Å²) in [6.45, 7) is 2.42. The van der Waals surface area contributed by atoms with E-state index in [4.69, 9.17) is 9.47 Å². The van der Waals surface area contributed by atoms with Crippen molar-refractivity contribution in [3.8, 4) is 11.5 Å². The fraction of sp³-hybridized carbons (Fsp3) is 0.690. The van der Waals surface area contributed by atoms with Gasteiger partial charge in [0, 0.05) is 18.7 Å². The fourth-order valence-corrected chi connectivity index (χ4v) is 6.88. The molecular weight excluding hydrogens is 491 g/mol. The third-order valence-corrected chi connectivity index (χ3v) is 9.65. The molecule has 2 amide bonds. The Morgan fingerprint density at radius 3 is 2.39 bits per heavy atom. The number of ether oxygens (including phenoxy) is 2. The first-order chi connectivity index (χ1) is 18.2. The van der Waals surface area contributed by atoms with E-state index in [0.717, 1.165) is 38.2 Å². The Bertz CT molecular complexity index is 1080. The normalized spacial score (nSPS) is 32.3. The Balaban J connectivity index is 1.28. The molecule has 208 valence electrons. The van der Waals surface area contributed by atoms with Gasteiger partial charge in [-0.1, -0.05) is 6.42 Å². The molecule has 5 rings (SSSR count). The van der Waals surface area contributed by atoms with Crippen LogP contribution in [0.4, 0.5) is 4.39 Å². The lowest BCUT2D eigenvalue weighted by Gasteiger charge is -2.34. The summed E-state index contributed by atoms with van der Waals surface area (Å²) in [6.07, 6.45) is 7.95. The number of fused-ring (bicyclic) bond motifs is 2. The SMILES string of the molecule is COc1cc(F)c(OC2CCC(C)(C(=O)O)CC2)cc1C(=O)NC1[C@H]2CCC(C2)[C@@H]1C(=O)NCC1CCC1. The zero-order valence-electron chi connectivity index (χ0n) is 22.3.